The number of hydrogen-bond acceptors (Lipinski definition) is 3. The molecule has 1 N–H and O–H groups in total. The Bertz CT molecular complexity index is 518. The van der Waals surface area contributed by atoms with Gasteiger partial charge in [0.25, 0.3) is 0 Å². The molecule has 1 aromatic rings. The maximum Gasteiger partial charge on any atom is 0.123 e. The van der Waals surface area contributed by atoms with Gasteiger partial charge in [-0.05, 0) is 50.8 Å². The van der Waals surface area contributed by atoms with Gasteiger partial charge in [-0.25, -0.2) is 0 Å². The predicted molar refractivity (Wildman–Crippen MR) is 87.0 cm³/mol. The van der Waals surface area contributed by atoms with Crippen LogP contribution in [0.4, 0.5) is 0 Å². The highest BCUT2D eigenvalue weighted by molar-refractivity contribution is 6.30. The van der Waals surface area contributed by atoms with Gasteiger partial charge in [-0.3, -0.25) is 4.90 Å². The molecule has 3 nitrogen and oxygen atoms in total. The second-order valence-corrected chi connectivity index (χ2v) is 7.19. The van der Waals surface area contributed by atoms with Gasteiger partial charge >= 0.3 is 0 Å². The number of hydrogen-bond donors (Lipinski definition) is 1. The number of rotatable bonds is 4. The standard InChI is InChI=1S/C17H25ClN2O/c1-12-9-20(17(2,11-19-12)14-4-5-14)10-13-8-15(18)6-7-16(13)21-3/h6-8,12,14,19H,4-5,9-11H2,1-3H3. The molecule has 116 valence electrons. The van der Waals surface area contributed by atoms with Gasteiger partial charge in [-0.1, -0.05) is 11.6 Å². The van der Waals surface area contributed by atoms with Crippen molar-refractivity contribution < 1.29 is 4.74 Å². The Morgan fingerprint density at radius 1 is 1.43 bits per heavy atom. The van der Waals surface area contributed by atoms with E-state index in [0.717, 1.165) is 36.3 Å². The van der Waals surface area contributed by atoms with Crippen LogP contribution in [0.1, 0.15) is 32.3 Å². The van der Waals surface area contributed by atoms with Crippen LogP contribution in [-0.2, 0) is 6.54 Å². The van der Waals surface area contributed by atoms with Gasteiger partial charge in [0, 0.05) is 41.8 Å². The van der Waals surface area contributed by atoms with Crippen LogP contribution in [0.5, 0.6) is 5.75 Å². The van der Waals surface area contributed by atoms with E-state index in [1.165, 1.54) is 18.4 Å². The van der Waals surface area contributed by atoms with Crippen molar-refractivity contribution in [3.05, 3.63) is 28.8 Å². The van der Waals surface area contributed by atoms with E-state index in [0.29, 0.717) is 6.04 Å². The molecule has 1 aromatic carbocycles. The third-order valence-electron chi connectivity index (χ3n) is 5.09. The van der Waals surface area contributed by atoms with Crippen molar-refractivity contribution in [1.82, 2.24) is 10.2 Å². The van der Waals surface area contributed by atoms with E-state index >= 15 is 0 Å². The molecule has 2 aliphatic rings. The first-order valence-corrected chi connectivity index (χ1v) is 8.21. The Morgan fingerprint density at radius 3 is 2.86 bits per heavy atom. The van der Waals surface area contributed by atoms with E-state index in [1.54, 1.807) is 7.11 Å². The lowest BCUT2D eigenvalue weighted by atomic mass is 9.89. The van der Waals surface area contributed by atoms with E-state index in [4.69, 9.17) is 16.3 Å². The maximum absolute atomic E-state index is 6.18. The molecule has 1 saturated carbocycles. The van der Waals surface area contributed by atoms with E-state index in [-0.39, 0.29) is 5.54 Å². The lowest BCUT2D eigenvalue weighted by Crippen LogP contribution is -2.63. The van der Waals surface area contributed by atoms with E-state index < -0.39 is 0 Å². The molecular formula is C17H25ClN2O. The summed E-state index contributed by atoms with van der Waals surface area (Å²) in [5.41, 5.74) is 1.44. The number of piperazine rings is 1. The van der Waals surface area contributed by atoms with Gasteiger partial charge in [0.05, 0.1) is 7.11 Å². The van der Waals surface area contributed by atoms with Gasteiger partial charge in [-0.15, -0.1) is 0 Å². The molecule has 1 aliphatic carbocycles. The molecule has 1 aliphatic heterocycles. The summed E-state index contributed by atoms with van der Waals surface area (Å²) in [6.07, 6.45) is 2.71. The van der Waals surface area contributed by atoms with Crippen molar-refractivity contribution in [1.29, 1.82) is 0 Å². The van der Waals surface area contributed by atoms with Gasteiger partial charge in [0.15, 0.2) is 0 Å². The molecule has 21 heavy (non-hydrogen) atoms. The summed E-state index contributed by atoms with van der Waals surface area (Å²) in [5.74, 6) is 1.76. The average molecular weight is 309 g/mol. The fourth-order valence-corrected chi connectivity index (χ4v) is 3.72. The fraction of sp³-hybridized carbons (Fsp3) is 0.647. The minimum Gasteiger partial charge on any atom is -0.496 e. The zero-order valence-electron chi connectivity index (χ0n) is 13.2. The Morgan fingerprint density at radius 2 is 2.19 bits per heavy atom. The van der Waals surface area contributed by atoms with Gasteiger partial charge in [0.2, 0.25) is 0 Å². The molecule has 0 aromatic heterocycles. The summed E-state index contributed by atoms with van der Waals surface area (Å²) in [6, 6.07) is 6.43. The highest BCUT2D eigenvalue weighted by Gasteiger charge is 2.47. The zero-order valence-corrected chi connectivity index (χ0v) is 13.9. The second kappa shape index (κ2) is 5.79. The Kier molecular flexibility index (Phi) is 4.17. The second-order valence-electron chi connectivity index (χ2n) is 6.75. The fourth-order valence-electron chi connectivity index (χ4n) is 3.53. The summed E-state index contributed by atoms with van der Waals surface area (Å²) in [6.45, 7) is 7.71. The van der Waals surface area contributed by atoms with E-state index in [2.05, 4.69) is 24.1 Å². The SMILES string of the molecule is COc1ccc(Cl)cc1CN1CC(C)NCC1(C)C1CC1. The molecule has 0 amide bonds. The van der Waals surface area contributed by atoms with Crippen LogP contribution in [0.15, 0.2) is 18.2 Å². The Hall–Kier alpha value is -0.770. The van der Waals surface area contributed by atoms with Gasteiger partial charge in [-0.2, -0.15) is 0 Å². The number of ether oxygens (including phenoxy) is 1. The first kappa shape index (κ1) is 15.1. The van der Waals surface area contributed by atoms with Crippen LogP contribution in [0.2, 0.25) is 5.02 Å². The lowest BCUT2D eigenvalue weighted by molar-refractivity contribution is 0.0306. The van der Waals surface area contributed by atoms with Crippen molar-refractivity contribution in [3.63, 3.8) is 0 Å². The smallest absolute Gasteiger partial charge is 0.123 e. The monoisotopic (exact) mass is 308 g/mol. The van der Waals surface area contributed by atoms with Crippen molar-refractivity contribution >= 4 is 11.6 Å². The topological polar surface area (TPSA) is 24.5 Å². The molecule has 1 saturated heterocycles. The molecule has 2 unspecified atom stereocenters. The van der Waals surface area contributed by atoms with Crippen molar-refractivity contribution in [2.45, 2.75) is 44.8 Å². The highest BCUT2D eigenvalue weighted by Crippen LogP contribution is 2.44. The molecule has 0 bridgehead atoms. The number of benzene rings is 1. The molecule has 2 fully saturated rings. The van der Waals surface area contributed by atoms with Crippen LogP contribution < -0.4 is 10.1 Å². The van der Waals surface area contributed by atoms with E-state index in [9.17, 15) is 0 Å². The molecule has 0 radical (unpaired) electrons. The highest BCUT2D eigenvalue weighted by atomic mass is 35.5. The lowest BCUT2D eigenvalue weighted by Gasteiger charge is -2.48. The molecular weight excluding hydrogens is 284 g/mol. The third-order valence-corrected chi connectivity index (χ3v) is 5.32. The molecule has 0 spiro atoms. The van der Waals surface area contributed by atoms with Crippen molar-refractivity contribution in [2.24, 2.45) is 5.92 Å². The zero-order chi connectivity index (χ0) is 15.0. The summed E-state index contributed by atoms with van der Waals surface area (Å²) >= 11 is 6.18. The average Bonchev–Trinajstić information content (AvgIpc) is 3.28. The number of methoxy groups -OCH3 is 1. The molecule has 4 heteroatoms. The van der Waals surface area contributed by atoms with Crippen molar-refractivity contribution in [2.75, 3.05) is 20.2 Å². The first-order chi connectivity index (χ1) is 10.0. The van der Waals surface area contributed by atoms with Crippen LogP contribution in [0, 0.1) is 5.92 Å². The summed E-state index contributed by atoms with van der Waals surface area (Å²) in [4.78, 5) is 2.63. The minimum absolute atomic E-state index is 0.250. The number of nitrogens with zero attached hydrogens (tertiary/aromatic N) is 1. The third kappa shape index (κ3) is 3.05. The van der Waals surface area contributed by atoms with Crippen LogP contribution in [0.25, 0.3) is 0 Å². The largest absolute Gasteiger partial charge is 0.496 e. The first-order valence-electron chi connectivity index (χ1n) is 7.84. The van der Waals surface area contributed by atoms with Crippen molar-refractivity contribution in [3.8, 4) is 5.75 Å². The van der Waals surface area contributed by atoms with Crippen LogP contribution in [0.3, 0.4) is 0 Å². The molecule has 3 rings (SSSR count). The maximum atomic E-state index is 6.18. The number of nitrogens with one attached hydrogen (secondary N) is 1. The van der Waals surface area contributed by atoms with Gasteiger partial charge in [0.1, 0.15) is 5.75 Å². The van der Waals surface area contributed by atoms with Crippen LogP contribution in [-0.4, -0.2) is 36.7 Å². The quantitative estimate of drug-likeness (QED) is 0.923. The Balaban J connectivity index is 1.85. The summed E-state index contributed by atoms with van der Waals surface area (Å²) in [5, 5.41) is 4.43. The Labute approximate surface area is 132 Å². The molecule has 2 atom stereocenters. The molecule has 1 heterocycles. The summed E-state index contributed by atoms with van der Waals surface area (Å²) in [7, 11) is 1.73. The summed E-state index contributed by atoms with van der Waals surface area (Å²) < 4.78 is 5.51. The minimum atomic E-state index is 0.250. The normalized spacial score (nSPS) is 30.4. The van der Waals surface area contributed by atoms with Crippen LogP contribution >= 0.6 is 11.6 Å². The van der Waals surface area contributed by atoms with Gasteiger partial charge < -0.3 is 10.1 Å². The van der Waals surface area contributed by atoms with E-state index in [1.807, 2.05) is 18.2 Å². The number of halogens is 1. The predicted octanol–water partition coefficient (Wildman–Crippen LogP) is 3.31.